The summed E-state index contributed by atoms with van der Waals surface area (Å²) < 4.78 is 2.42. The first-order valence-corrected chi connectivity index (χ1v) is 22.0. The maximum Gasteiger partial charge on any atom is 0.0547 e. The summed E-state index contributed by atoms with van der Waals surface area (Å²) in [7, 11) is 0. The molecular formula is C62H42N2. The average Bonchev–Trinajstić information content (AvgIpc) is 3.72. The van der Waals surface area contributed by atoms with Gasteiger partial charge in [-0.25, -0.2) is 0 Å². The van der Waals surface area contributed by atoms with Crippen LogP contribution < -0.4 is 4.90 Å². The maximum atomic E-state index is 2.42. The van der Waals surface area contributed by atoms with E-state index in [1.165, 1.54) is 82.3 Å². The molecule has 0 aliphatic carbocycles. The molecular weight excluding hydrogens is 773 g/mol. The van der Waals surface area contributed by atoms with Gasteiger partial charge in [-0.3, -0.25) is 0 Å². The van der Waals surface area contributed by atoms with Gasteiger partial charge in [0.25, 0.3) is 0 Å². The zero-order chi connectivity index (χ0) is 42.4. The minimum atomic E-state index is 1.09. The lowest BCUT2D eigenvalue weighted by Gasteiger charge is -2.27. The van der Waals surface area contributed by atoms with Crippen molar-refractivity contribution in [3.05, 3.63) is 255 Å². The highest BCUT2D eigenvalue weighted by molar-refractivity contribution is 6.21. The van der Waals surface area contributed by atoms with E-state index in [0.29, 0.717) is 0 Å². The minimum absolute atomic E-state index is 1.09. The Labute approximate surface area is 373 Å². The van der Waals surface area contributed by atoms with Gasteiger partial charge in [0, 0.05) is 33.5 Å². The summed E-state index contributed by atoms with van der Waals surface area (Å²) in [6.45, 7) is 0. The molecule has 12 aromatic rings. The normalized spacial score (nSPS) is 11.4. The molecule has 2 heteroatoms. The van der Waals surface area contributed by atoms with Crippen molar-refractivity contribution in [3.8, 4) is 50.2 Å². The molecule has 0 fully saturated rings. The van der Waals surface area contributed by atoms with Crippen molar-refractivity contribution in [2.24, 2.45) is 0 Å². The van der Waals surface area contributed by atoms with Crippen molar-refractivity contribution < 1.29 is 0 Å². The van der Waals surface area contributed by atoms with Crippen molar-refractivity contribution in [2.45, 2.75) is 0 Å². The molecule has 0 radical (unpaired) electrons. The highest BCUT2D eigenvalue weighted by atomic mass is 15.1. The number of nitrogens with zero attached hydrogens (tertiary/aromatic N) is 2. The van der Waals surface area contributed by atoms with E-state index < -0.39 is 0 Å². The summed E-state index contributed by atoms with van der Waals surface area (Å²) in [6.07, 6.45) is 0. The van der Waals surface area contributed by atoms with Crippen LogP contribution in [0.1, 0.15) is 0 Å². The lowest BCUT2D eigenvalue weighted by molar-refractivity contribution is 1.18. The Bertz CT molecular complexity index is 3630. The molecule has 0 saturated heterocycles. The van der Waals surface area contributed by atoms with Crippen LogP contribution in [0, 0.1) is 0 Å². The monoisotopic (exact) mass is 814 g/mol. The van der Waals surface area contributed by atoms with Gasteiger partial charge in [0.05, 0.1) is 11.0 Å². The van der Waals surface area contributed by atoms with Crippen LogP contribution in [-0.2, 0) is 0 Å². The molecule has 0 atom stereocenters. The molecule has 0 aliphatic rings. The summed E-state index contributed by atoms with van der Waals surface area (Å²) in [5.74, 6) is 0. The number of rotatable bonds is 8. The van der Waals surface area contributed by atoms with Crippen molar-refractivity contribution in [2.75, 3.05) is 4.90 Å². The van der Waals surface area contributed by atoms with E-state index in [2.05, 4.69) is 264 Å². The number of benzene rings is 11. The van der Waals surface area contributed by atoms with Crippen molar-refractivity contribution >= 4 is 60.4 Å². The Morgan fingerprint density at radius 2 is 0.734 bits per heavy atom. The fourth-order valence-electron chi connectivity index (χ4n) is 9.75. The quantitative estimate of drug-likeness (QED) is 0.139. The molecule has 12 rings (SSSR count). The molecule has 1 aromatic heterocycles. The maximum absolute atomic E-state index is 2.42. The lowest BCUT2D eigenvalue weighted by atomic mass is 9.94. The second kappa shape index (κ2) is 15.8. The van der Waals surface area contributed by atoms with Gasteiger partial charge in [-0.05, 0) is 127 Å². The summed E-state index contributed by atoms with van der Waals surface area (Å²) in [5.41, 5.74) is 16.4. The summed E-state index contributed by atoms with van der Waals surface area (Å²) >= 11 is 0. The molecule has 300 valence electrons. The zero-order valence-corrected chi connectivity index (χ0v) is 35.1. The van der Waals surface area contributed by atoms with E-state index in [-0.39, 0.29) is 0 Å². The van der Waals surface area contributed by atoms with Crippen LogP contribution in [0.3, 0.4) is 0 Å². The number of hydrogen-bond donors (Lipinski definition) is 0. The third-order valence-electron chi connectivity index (χ3n) is 12.8. The molecule has 0 aliphatic heterocycles. The average molecular weight is 815 g/mol. The van der Waals surface area contributed by atoms with Gasteiger partial charge in [-0.1, -0.05) is 194 Å². The largest absolute Gasteiger partial charge is 0.310 e. The second-order valence-corrected chi connectivity index (χ2v) is 16.5. The predicted molar refractivity (Wildman–Crippen MR) is 272 cm³/mol. The number of anilines is 3. The van der Waals surface area contributed by atoms with E-state index in [0.717, 1.165) is 28.3 Å². The highest BCUT2D eigenvalue weighted by Crippen LogP contribution is 2.45. The van der Waals surface area contributed by atoms with E-state index in [1.54, 1.807) is 0 Å². The van der Waals surface area contributed by atoms with Crippen LogP contribution in [0.2, 0.25) is 0 Å². The van der Waals surface area contributed by atoms with E-state index >= 15 is 0 Å². The summed E-state index contributed by atoms with van der Waals surface area (Å²) in [4.78, 5) is 2.41. The van der Waals surface area contributed by atoms with Crippen LogP contribution in [0.25, 0.3) is 93.5 Å². The fraction of sp³-hybridized carbons (Fsp3) is 0. The topological polar surface area (TPSA) is 8.17 Å². The summed E-state index contributed by atoms with van der Waals surface area (Å²) in [6, 6.07) is 92.7. The molecule has 0 amide bonds. The van der Waals surface area contributed by atoms with Gasteiger partial charge in [0.15, 0.2) is 0 Å². The number of hydrogen-bond acceptors (Lipinski definition) is 1. The van der Waals surface area contributed by atoms with E-state index in [4.69, 9.17) is 0 Å². The SMILES string of the molecule is c1ccc(-c2ccc(-c3ccc(N(c4cccc(-c5cccc6c5c5c(-c7ccccc7)cccc5n6-c5ccccc5)c4)c4ccc5c(ccc6ccccc65)c4)cc3)cc2)cc1. The first-order valence-electron chi connectivity index (χ1n) is 22.0. The van der Waals surface area contributed by atoms with Crippen molar-refractivity contribution in [1.29, 1.82) is 0 Å². The number of para-hydroxylation sites is 1. The van der Waals surface area contributed by atoms with Crippen LogP contribution in [0.5, 0.6) is 0 Å². The van der Waals surface area contributed by atoms with E-state index in [9.17, 15) is 0 Å². The van der Waals surface area contributed by atoms with Crippen molar-refractivity contribution in [1.82, 2.24) is 4.57 Å². The first kappa shape index (κ1) is 37.3. The fourth-order valence-corrected chi connectivity index (χ4v) is 9.75. The van der Waals surface area contributed by atoms with Gasteiger partial charge in [-0.2, -0.15) is 0 Å². The van der Waals surface area contributed by atoms with Crippen LogP contribution in [0.4, 0.5) is 17.1 Å². The molecule has 0 bridgehead atoms. The Hall–Kier alpha value is -8.46. The Balaban J connectivity index is 1.03. The van der Waals surface area contributed by atoms with Crippen LogP contribution in [-0.4, -0.2) is 4.57 Å². The molecule has 0 saturated carbocycles. The second-order valence-electron chi connectivity index (χ2n) is 16.5. The number of fused-ring (bicyclic) bond motifs is 6. The number of aromatic nitrogens is 1. The zero-order valence-electron chi connectivity index (χ0n) is 35.1. The van der Waals surface area contributed by atoms with E-state index in [1.807, 2.05) is 0 Å². The third kappa shape index (κ3) is 6.52. The molecule has 0 unspecified atom stereocenters. The summed E-state index contributed by atoms with van der Waals surface area (Å²) in [5, 5.41) is 7.46. The van der Waals surface area contributed by atoms with Crippen molar-refractivity contribution in [3.63, 3.8) is 0 Å². The molecule has 0 N–H and O–H groups in total. The standard InChI is InChI=1S/C62H42N2/c1-4-15-43(16-5-1)44-29-31-45(32-30-44)46-35-37-52(38-36-46)63(54-39-40-56-50(42-54)34-33-48-19-10-11-24-55(48)56)53-23-12-20-49(41-53)58-26-14-28-60-62(58)61-57(47-17-6-2-7-18-47)25-13-27-59(61)64(60)51-21-8-3-9-22-51/h1-42H. The van der Waals surface area contributed by atoms with Crippen LogP contribution in [0.15, 0.2) is 255 Å². The molecule has 1 heterocycles. The minimum Gasteiger partial charge on any atom is -0.310 e. The van der Waals surface area contributed by atoms with Crippen LogP contribution >= 0.6 is 0 Å². The first-order chi connectivity index (χ1) is 31.7. The Morgan fingerprint density at radius 3 is 1.41 bits per heavy atom. The molecule has 64 heavy (non-hydrogen) atoms. The van der Waals surface area contributed by atoms with Gasteiger partial charge in [0.1, 0.15) is 0 Å². The third-order valence-corrected chi connectivity index (χ3v) is 12.8. The molecule has 11 aromatic carbocycles. The molecule has 2 nitrogen and oxygen atoms in total. The van der Waals surface area contributed by atoms with Gasteiger partial charge in [-0.15, -0.1) is 0 Å². The predicted octanol–water partition coefficient (Wildman–Crippen LogP) is 17.2. The van der Waals surface area contributed by atoms with Gasteiger partial charge in [0.2, 0.25) is 0 Å². The van der Waals surface area contributed by atoms with Gasteiger partial charge >= 0.3 is 0 Å². The molecule has 0 spiro atoms. The van der Waals surface area contributed by atoms with Gasteiger partial charge < -0.3 is 9.47 Å². The Kier molecular flexibility index (Phi) is 9.20. The lowest BCUT2D eigenvalue weighted by Crippen LogP contribution is -2.10. The highest BCUT2D eigenvalue weighted by Gasteiger charge is 2.21. The Morgan fingerprint density at radius 1 is 0.266 bits per heavy atom. The smallest absolute Gasteiger partial charge is 0.0547 e.